The standard InChI is InChI=1S/C11H19N3O9P2/c12-5-9(15)8-1-2-10(8,23-17)24(18,19)11(16,25(20,21)22)6-14-4-3-13-7-14/h3-4,7-8,16,18-19H,1-2,5-6,12H2,(H2-,17,20,21,22)/p+1. The van der Waals surface area contributed by atoms with E-state index in [1.807, 2.05) is 0 Å². The van der Waals surface area contributed by atoms with Crippen molar-refractivity contribution in [3.05, 3.63) is 18.7 Å². The molecule has 1 aromatic rings. The molecule has 3 unspecified atom stereocenters. The molecule has 0 radical (unpaired) electrons. The number of nitrogens with two attached hydrogens (primary N) is 1. The van der Waals surface area contributed by atoms with E-state index in [4.69, 9.17) is 5.73 Å². The van der Waals surface area contributed by atoms with Crippen LogP contribution in [0.3, 0.4) is 0 Å². The van der Waals surface area contributed by atoms with E-state index >= 15 is 0 Å². The van der Waals surface area contributed by atoms with Gasteiger partial charge in [0.1, 0.15) is 6.54 Å². The molecular formula is C11H20N3O9P2+. The Kier molecular flexibility index (Phi) is 5.54. The Morgan fingerprint density at radius 3 is 2.52 bits per heavy atom. The van der Waals surface area contributed by atoms with Crippen molar-refractivity contribution in [2.75, 3.05) is 6.54 Å². The minimum Gasteiger partial charge on any atom is -0.342 e. The van der Waals surface area contributed by atoms with Crippen molar-refractivity contribution in [3.63, 3.8) is 0 Å². The minimum absolute atomic E-state index is 0.0434. The lowest BCUT2D eigenvalue weighted by atomic mass is 9.78. The zero-order valence-corrected chi connectivity index (χ0v) is 14.7. The van der Waals surface area contributed by atoms with Crippen molar-refractivity contribution in [1.29, 1.82) is 0 Å². The van der Waals surface area contributed by atoms with Gasteiger partial charge in [-0.2, -0.15) is 4.89 Å². The van der Waals surface area contributed by atoms with Crippen LogP contribution in [-0.2, 0) is 20.8 Å². The number of Topliss-reactive ketones (excluding diaryl/α,β-unsaturated/α-hetero) is 1. The van der Waals surface area contributed by atoms with Crippen LogP contribution in [0.1, 0.15) is 12.8 Å². The van der Waals surface area contributed by atoms with Gasteiger partial charge >= 0.3 is 20.4 Å². The Morgan fingerprint density at radius 1 is 1.52 bits per heavy atom. The molecule has 142 valence electrons. The molecule has 1 aromatic heterocycles. The fourth-order valence-electron chi connectivity index (χ4n) is 2.93. The maximum absolute atomic E-state index is 11.9. The van der Waals surface area contributed by atoms with Gasteiger partial charge in [-0.25, -0.2) is 20.0 Å². The van der Waals surface area contributed by atoms with Crippen molar-refractivity contribution < 1.29 is 44.2 Å². The van der Waals surface area contributed by atoms with E-state index in [1.165, 1.54) is 12.4 Å². The quantitative estimate of drug-likeness (QED) is 0.154. The SMILES string of the molecule is NCC(=O)C1CCC1(OO)[P+](O)(O)C(O)(Cn1ccnc1)P(=O)(O)O. The van der Waals surface area contributed by atoms with Crippen molar-refractivity contribution in [2.24, 2.45) is 11.7 Å². The van der Waals surface area contributed by atoms with E-state index in [-0.39, 0.29) is 12.8 Å². The second kappa shape index (κ2) is 6.75. The topological polar surface area (TPSA) is 209 Å². The smallest absolute Gasteiger partial charge is 0.342 e. The molecule has 0 aliphatic heterocycles. The lowest BCUT2D eigenvalue weighted by Crippen LogP contribution is -2.59. The number of nitrogens with zero attached hydrogens (tertiary/aromatic N) is 2. The Bertz CT molecular complexity index is 674. The first-order chi connectivity index (χ1) is 11.5. The molecule has 12 nitrogen and oxygen atoms in total. The average molecular weight is 400 g/mol. The van der Waals surface area contributed by atoms with Crippen molar-refractivity contribution in [3.8, 4) is 0 Å². The maximum atomic E-state index is 11.9. The molecule has 0 bridgehead atoms. The van der Waals surface area contributed by atoms with Gasteiger partial charge in [0, 0.05) is 18.8 Å². The van der Waals surface area contributed by atoms with Crippen LogP contribution in [0.4, 0.5) is 0 Å². The van der Waals surface area contributed by atoms with Gasteiger partial charge in [0.2, 0.25) is 0 Å². The summed E-state index contributed by atoms with van der Waals surface area (Å²) in [4.78, 5) is 60.3. The van der Waals surface area contributed by atoms with Crippen LogP contribution >= 0.6 is 15.3 Å². The highest BCUT2D eigenvalue weighted by molar-refractivity contribution is 7.79. The van der Waals surface area contributed by atoms with E-state index < -0.39 is 50.5 Å². The number of aromatic nitrogens is 2. The molecule has 25 heavy (non-hydrogen) atoms. The Morgan fingerprint density at radius 2 is 2.16 bits per heavy atom. The second-order valence-corrected chi connectivity index (χ2v) is 10.7. The maximum Gasteiger partial charge on any atom is 0.403 e. The first-order valence-corrected chi connectivity index (χ1v) is 10.4. The molecule has 3 atom stereocenters. The predicted octanol–water partition coefficient (Wildman–Crippen LogP) is -1.34. The third-order valence-electron chi connectivity index (χ3n) is 4.53. The fourth-order valence-corrected chi connectivity index (χ4v) is 7.47. The molecule has 14 heteroatoms. The average Bonchev–Trinajstić information content (AvgIpc) is 2.98. The molecule has 2 rings (SSSR count). The Hall–Kier alpha value is -0.780. The van der Waals surface area contributed by atoms with E-state index in [2.05, 4.69) is 9.87 Å². The monoisotopic (exact) mass is 400 g/mol. The summed E-state index contributed by atoms with van der Waals surface area (Å²) in [6, 6.07) is 0. The van der Waals surface area contributed by atoms with Crippen LogP contribution < -0.4 is 5.73 Å². The van der Waals surface area contributed by atoms with Crippen molar-refractivity contribution >= 4 is 21.1 Å². The Labute approximate surface area is 142 Å². The molecule has 0 aromatic carbocycles. The Balaban J connectivity index is 2.54. The first-order valence-electron chi connectivity index (χ1n) is 7.10. The van der Waals surface area contributed by atoms with E-state index in [9.17, 15) is 39.3 Å². The minimum atomic E-state index is -5.58. The normalized spacial score (nSPS) is 26.8. The summed E-state index contributed by atoms with van der Waals surface area (Å²) in [5.74, 6) is -2.03. The molecule has 0 amide bonds. The zero-order chi connectivity index (χ0) is 19.1. The highest BCUT2D eigenvalue weighted by Gasteiger charge is 2.84. The lowest BCUT2D eigenvalue weighted by molar-refractivity contribution is -0.329. The number of carbonyl (C=O) groups excluding carboxylic acids is 1. The third-order valence-corrected chi connectivity index (χ3v) is 10.0. The number of hydrogen-bond donors (Lipinski definition) is 7. The molecular weight excluding hydrogens is 380 g/mol. The predicted molar refractivity (Wildman–Crippen MR) is 83.8 cm³/mol. The number of aliphatic hydroxyl groups is 1. The largest absolute Gasteiger partial charge is 0.403 e. The summed E-state index contributed by atoms with van der Waals surface area (Å²) in [6.07, 6.45) is 3.30. The van der Waals surface area contributed by atoms with Crippen LogP contribution in [0.2, 0.25) is 0 Å². The van der Waals surface area contributed by atoms with E-state index in [0.29, 0.717) is 0 Å². The van der Waals surface area contributed by atoms with Crippen LogP contribution in [0.5, 0.6) is 0 Å². The molecule has 1 aliphatic carbocycles. The van der Waals surface area contributed by atoms with Crippen LogP contribution in [0, 0.1) is 5.92 Å². The summed E-state index contributed by atoms with van der Waals surface area (Å²) >= 11 is 0. The van der Waals surface area contributed by atoms with Crippen LogP contribution in [-0.4, -0.2) is 62.2 Å². The van der Waals surface area contributed by atoms with Crippen molar-refractivity contribution in [2.45, 2.75) is 29.8 Å². The van der Waals surface area contributed by atoms with Gasteiger partial charge in [0.05, 0.1) is 18.8 Å². The zero-order valence-electron chi connectivity index (χ0n) is 12.9. The number of rotatable bonds is 8. The number of ketones is 1. The molecule has 0 spiro atoms. The number of imidazole rings is 1. The molecule has 1 fully saturated rings. The summed E-state index contributed by atoms with van der Waals surface area (Å²) in [6.45, 7) is -1.46. The molecule has 8 N–H and O–H groups in total. The van der Waals surface area contributed by atoms with Crippen molar-refractivity contribution in [1.82, 2.24) is 9.55 Å². The second-order valence-electron chi connectivity index (χ2n) is 5.85. The summed E-state index contributed by atoms with van der Waals surface area (Å²) in [7, 11) is -10.8. The van der Waals surface area contributed by atoms with Gasteiger partial charge < -0.3 is 25.2 Å². The summed E-state index contributed by atoms with van der Waals surface area (Å²) in [5.41, 5.74) is 5.24. The number of carbonyl (C=O) groups is 1. The van der Waals surface area contributed by atoms with Crippen LogP contribution in [0.15, 0.2) is 18.7 Å². The highest BCUT2D eigenvalue weighted by Crippen LogP contribution is 2.84. The third kappa shape index (κ3) is 2.98. The summed E-state index contributed by atoms with van der Waals surface area (Å²) in [5, 5.41) is 14.1. The molecule has 1 aliphatic rings. The van der Waals surface area contributed by atoms with Crippen LogP contribution in [0.25, 0.3) is 0 Å². The van der Waals surface area contributed by atoms with Gasteiger partial charge in [-0.3, -0.25) is 9.36 Å². The van der Waals surface area contributed by atoms with E-state index in [1.54, 1.807) is 0 Å². The van der Waals surface area contributed by atoms with Gasteiger partial charge in [-0.15, -0.1) is 0 Å². The van der Waals surface area contributed by atoms with Gasteiger partial charge in [0.15, 0.2) is 5.78 Å². The summed E-state index contributed by atoms with van der Waals surface area (Å²) < 4.78 is 13.0. The van der Waals surface area contributed by atoms with Gasteiger partial charge in [-0.05, 0) is 6.42 Å². The first kappa shape index (κ1) is 20.5. The van der Waals surface area contributed by atoms with Gasteiger partial charge in [-0.1, -0.05) is 0 Å². The molecule has 0 saturated heterocycles. The molecule has 1 saturated carbocycles. The fraction of sp³-hybridized carbons (Fsp3) is 0.636. The highest BCUT2D eigenvalue weighted by atomic mass is 31.3. The molecule has 1 heterocycles. The number of hydrogen-bond acceptors (Lipinski definition) is 9. The van der Waals surface area contributed by atoms with E-state index in [0.717, 1.165) is 10.9 Å². The lowest BCUT2D eigenvalue weighted by Gasteiger charge is -2.49. The van der Waals surface area contributed by atoms with Gasteiger partial charge in [0.25, 0.3) is 5.34 Å².